The maximum absolute atomic E-state index is 8.90. The molecule has 0 saturated carbocycles. The second-order valence-electron chi connectivity index (χ2n) is 3.07. The Balaban J connectivity index is 2.14. The first kappa shape index (κ1) is 10.2. The molecule has 15 heavy (non-hydrogen) atoms. The van der Waals surface area contributed by atoms with Gasteiger partial charge in [-0.1, -0.05) is 23.9 Å². The minimum Gasteiger partial charge on any atom is -0.392 e. The monoisotopic (exact) mass is 221 g/mol. The van der Waals surface area contributed by atoms with Crippen LogP contribution in [-0.4, -0.2) is 19.9 Å². The summed E-state index contributed by atoms with van der Waals surface area (Å²) < 4.78 is 1.73. The fraction of sp³-hybridized carbons (Fsp3) is 0.200. The summed E-state index contributed by atoms with van der Waals surface area (Å²) >= 11 is 1.55. The summed E-state index contributed by atoms with van der Waals surface area (Å²) in [5.74, 6) is 0. The van der Waals surface area contributed by atoms with Gasteiger partial charge in [-0.15, -0.1) is 0 Å². The topological polar surface area (TPSA) is 50.9 Å². The smallest absolute Gasteiger partial charge is 0.190 e. The van der Waals surface area contributed by atoms with E-state index in [1.807, 2.05) is 31.3 Å². The van der Waals surface area contributed by atoms with E-state index in [1.54, 1.807) is 16.4 Å². The lowest BCUT2D eigenvalue weighted by atomic mass is 10.2. The Morgan fingerprint density at radius 2 is 2.07 bits per heavy atom. The van der Waals surface area contributed by atoms with Gasteiger partial charge in [-0.2, -0.15) is 5.10 Å². The highest BCUT2D eigenvalue weighted by molar-refractivity contribution is 7.99. The molecule has 0 spiro atoms. The average Bonchev–Trinajstić information content (AvgIpc) is 2.66. The van der Waals surface area contributed by atoms with E-state index >= 15 is 0 Å². The van der Waals surface area contributed by atoms with Crippen LogP contribution in [0.5, 0.6) is 0 Å². The van der Waals surface area contributed by atoms with Gasteiger partial charge in [0.1, 0.15) is 6.33 Å². The molecule has 0 bridgehead atoms. The molecule has 1 heterocycles. The van der Waals surface area contributed by atoms with E-state index in [9.17, 15) is 0 Å². The molecule has 0 aliphatic rings. The maximum atomic E-state index is 8.90. The van der Waals surface area contributed by atoms with E-state index in [1.165, 1.54) is 6.33 Å². The van der Waals surface area contributed by atoms with Crippen LogP contribution < -0.4 is 0 Å². The first-order valence-corrected chi connectivity index (χ1v) is 5.33. The lowest BCUT2D eigenvalue weighted by molar-refractivity contribution is 0.282. The molecule has 5 heteroatoms. The molecule has 0 fully saturated rings. The maximum Gasteiger partial charge on any atom is 0.190 e. The third kappa shape index (κ3) is 2.37. The van der Waals surface area contributed by atoms with Gasteiger partial charge >= 0.3 is 0 Å². The van der Waals surface area contributed by atoms with Crippen molar-refractivity contribution in [3.05, 3.63) is 36.2 Å². The van der Waals surface area contributed by atoms with Crippen LogP contribution in [0.2, 0.25) is 0 Å². The number of hydrogen-bond donors (Lipinski definition) is 1. The van der Waals surface area contributed by atoms with Crippen molar-refractivity contribution in [2.45, 2.75) is 16.7 Å². The number of aryl methyl sites for hydroxylation is 1. The molecule has 4 nitrogen and oxygen atoms in total. The van der Waals surface area contributed by atoms with Crippen LogP contribution in [0, 0.1) is 0 Å². The van der Waals surface area contributed by atoms with Crippen molar-refractivity contribution in [3.63, 3.8) is 0 Å². The summed E-state index contributed by atoms with van der Waals surface area (Å²) in [6, 6.07) is 7.73. The Bertz CT molecular complexity index is 438. The second kappa shape index (κ2) is 4.46. The summed E-state index contributed by atoms with van der Waals surface area (Å²) in [7, 11) is 1.86. The zero-order chi connectivity index (χ0) is 10.7. The van der Waals surface area contributed by atoms with Crippen LogP contribution in [0.15, 0.2) is 40.6 Å². The molecule has 1 N–H and O–H groups in total. The SMILES string of the molecule is Cn1ncnc1Sc1ccc(CO)cc1. The van der Waals surface area contributed by atoms with Crippen molar-refractivity contribution in [2.75, 3.05) is 0 Å². The van der Waals surface area contributed by atoms with Crippen molar-refractivity contribution in [1.82, 2.24) is 14.8 Å². The highest BCUT2D eigenvalue weighted by Crippen LogP contribution is 2.25. The molecule has 0 radical (unpaired) electrons. The van der Waals surface area contributed by atoms with Gasteiger partial charge in [0.05, 0.1) is 6.61 Å². The number of aliphatic hydroxyl groups is 1. The van der Waals surface area contributed by atoms with Gasteiger partial charge < -0.3 is 5.11 Å². The number of aliphatic hydroxyl groups excluding tert-OH is 1. The summed E-state index contributed by atoms with van der Waals surface area (Å²) in [6.45, 7) is 0.0783. The van der Waals surface area contributed by atoms with Gasteiger partial charge in [0.2, 0.25) is 0 Å². The Morgan fingerprint density at radius 1 is 1.33 bits per heavy atom. The zero-order valence-corrected chi connectivity index (χ0v) is 9.11. The molecule has 1 aromatic carbocycles. The van der Waals surface area contributed by atoms with Crippen LogP contribution in [-0.2, 0) is 13.7 Å². The Kier molecular flexibility index (Phi) is 3.03. The van der Waals surface area contributed by atoms with Crippen molar-refractivity contribution >= 4 is 11.8 Å². The van der Waals surface area contributed by atoms with E-state index < -0.39 is 0 Å². The number of aromatic nitrogens is 3. The molecular weight excluding hydrogens is 210 g/mol. The number of rotatable bonds is 3. The number of nitrogens with zero attached hydrogens (tertiary/aromatic N) is 3. The molecule has 0 unspecified atom stereocenters. The van der Waals surface area contributed by atoms with Crippen molar-refractivity contribution in [3.8, 4) is 0 Å². The van der Waals surface area contributed by atoms with Crippen LogP contribution >= 0.6 is 11.8 Å². The average molecular weight is 221 g/mol. The highest BCUT2D eigenvalue weighted by atomic mass is 32.2. The summed E-state index contributed by atoms with van der Waals surface area (Å²) in [5.41, 5.74) is 0.914. The summed E-state index contributed by atoms with van der Waals surface area (Å²) in [5, 5.41) is 13.7. The fourth-order valence-corrected chi connectivity index (χ4v) is 1.91. The molecular formula is C10H11N3OS. The van der Waals surface area contributed by atoms with Gasteiger partial charge in [-0.05, 0) is 17.7 Å². The van der Waals surface area contributed by atoms with E-state index in [4.69, 9.17) is 5.11 Å². The molecule has 0 amide bonds. The molecule has 0 aliphatic carbocycles. The van der Waals surface area contributed by atoms with Gasteiger partial charge in [0, 0.05) is 11.9 Å². The minimum absolute atomic E-state index is 0.0783. The van der Waals surface area contributed by atoms with E-state index in [0.717, 1.165) is 15.6 Å². The molecule has 0 saturated heterocycles. The normalized spacial score (nSPS) is 10.5. The lowest BCUT2D eigenvalue weighted by Crippen LogP contribution is -1.92. The number of hydrogen-bond acceptors (Lipinski definition) is 4. The molecule has 2 rings (SSSR count). The van der Waals surface area contributed by atoms with E-state index in [-0.39, 0.29) is 6.61 Å². The Hall–Kier alpha value is -1.33. The van der Waals surface area contributed by atoms with Gasteiger partial charge in [-0.3, -0.25) is 0 Å². The molecule has 2 aromatic rings. The Morgan fingerprint density at radius 3 is 2.60 bits per heavy atom. The van der Waals surface area contributed by atoms with Crippen LogP contribution in [0.4, 0.5) is 0 Å². The third-order valence-electron chi connectivity index (χ3n) is 1.98. The summed E-state index contributed by atoms with van der Waals surface area (Å²) in [4.78, 5) is 5.21. The van der Waals surface area contributed by atoms with Crippen LogP contribution in [0.1, 0.15) is 5.56 Å². The third-order valence-corrected chi connectivity index (χ3v) is 3.04. The first-order valence-electron chi connectivity index (χ1n) is 4.51. The van der Waals surface area contributed by atoms with Gasteiger partial charge in [0.15, 0.2) is 5.16 Å². The zero-order valence-electron chi connectivity index (χ0n) is 8.29. The summed E-state index contributed by atoms with van der Waals surface area (Å²) in [6.07, 6.45) is 1.53. The van der Waals surface area contributed by atoms with Gasteiger partial charge in [-0.25, -0.2) is 9.67 Å². The largest absolute Gasteiger partial charge is 0.392 e. The fourth-order valence-electron chi connectivity index (χ4n) is 1.15. The second-order valence-corrected chi connectivity index (χ2v) is 4.11. The molecule has 0 aliphatic heterocycles. The van der Waals surface area contributed by atoms with Crippen molar-refractivity contribution < 1.29 is 5.11 Å². The Labute approximate surface area is 92.0 Å². The lowest BCUT2D eigenvalue weighted by Gasteiger charge is -2.01. The number of benzene rings is 1. The molecule has 0 atom stereocenters. The molecule has 1 aromatic heterocycles. The van der Waals surface area contributed by atoms with E-state index in [0.29, 0.717) is 0 Å². The van der Waals surface area contributed by atoms with Crippen molar-refractivity contribution in [1.29, 1.82) is 0 Å². The standard InChI is InChI=1S/C10H11N3OS/c1-13-10(11-7-12-13)15-9-4-2-8(6-14)3-5-9/h2-5,7,14H,6H2,1H3. The van der Waals surface area contributed by atoms with E-state index in [2.05, 4.69) is 10.1 Å². The minimum atomic E-state index is 0.0783. The highest BCUT2D eigenvalue weighted by Gasteiger charge is 2.02. The quantitative estimate of drug-likeness (QED) is 0.852. The van der Waals surface area contributed by atoms with Crippen LogP contribution in [0.3, 0.4) is 0 Å². The van der Waals surface area contributed by atoms with Gasteiger partial charge in [0.25, 0.3) is 0 Å². The first-order chi connectivity index (χ1) is 7.29. The van der Waals surface area contributed by atoms with Crippen molar-refractivity contribution in [2.24, 2.45) is 7.05 Å². The molecule has 78 valence electrons. The predicted octanol–water partition coefficient (Wildman–Crippen LogP) is 1.46. The predicted molar refractivity (Wildman–Crippen MR) is 57.5 cm³/mol. The van der Waals surface area contributed by atoms with Crippen LogP contribution in [0.25, 0.3) is 0 Å².